The first-order valence-corrected chi connectivity index (χ1v) is 7.66. The Kier molecular flexibility index (Phi) is 5.39. The first kappa shape index (κ1) is 16.3. The Labute approximate surface area is 131 Å². The smallest absolute Gasteiger partial charge is 0.244 e. The highest BCUT2D eigenvalue weighted by atomic mass is 16.3. The van der Waals surface area contributed by atoms with Crippen LogP contribution in [0.5, 0.6) is 0 Å². The van der Waals surface area contributed by atoms with Gasteiger partial charge in [0.05, 0.1) is 0 Å². The second-order valence-electron chi connectivity index (χ2n) is 5.92. The van der Waals surface area contributed by atoms with E-state index in [4.69, 9.17) is 5.11 Å². The van der Waals surface area contributed by atoms with Crippen molar-refractivity contribution in [2.24, 2.45) is 13.0 Å². The Morgan fingerprint density at radius 2 is 2.09 bits per heavy atom. The van der Waals surface area contributed by atoms with Crippen LogP contribution in [-0.4, -0.2) is 28.2 Å². The molecule has 0 radical (unpaired) electrons. The average molecular weight is 300 g/mol. The van der Waals surface area contributed by atoms with Crippen LogP contribution in [0.25, 0.3) is 17.0 Å². The summed E-state index contributed by atoms with van der Waals surface area (Å²) in [4.78, 5) is 12.1. The number of benzene rings is 1. The number of nitrogens with one attached hydrogen (secondary N) is 1. The van der Waals surface area contributed by atoms with E-state index in [0.717, 1.165) is 16.5 Å². The largest absolute Gasteiger partial charge is 0.396 e. The summed E-state index contributed by atoms with van der Waals surface area (Å²) < 4.78 is 2.05. The van der Waals surface area contributed by atoms with E-state index in [9.17, 15) is 4.79 Å². The van der Waals surface area contributed by atoms with Gasteiger partial charge in [0, 0.05) is 48.4 Å². The van der Waals surface area contributed by atoms with Crippen molar-refractivity contribution in [1.82, 2.24) is 9.88 Å². The highest BCUT2D eigenvalue weighted by molar-refractivity contribution is 5.96. The normalized spacial score (nSPS) is 13.1. The zero-order chi connectivity index (χ0) is 16.1. The number of aliphatic hydroxyl groups is 1. The molecule has 4 heteroatoms. The Morgan fingerprint density at radius 1 is 1.36 bits per heavy atom. The van der Waals surface area contributed by atoms with Crippen LogP contribution in [0, 0.1) is 5.92 Å². The summed E-state index contributed by atoms with van der Waals surface area (Å²) in [6.45, 7) is 4.15. The van der Waals surface area contributed by atoms with Gasteiger partial charge in [0.2, 0.25) is 5.91 Å². The molecular formula is C18H24N2O2. The number of carbonyl (C=O) groups excluding carboxylic acids is 1. The monoisotopic (exact) mass is 300 g/mol. The maximum Gasteiger partial charge on any atom is 0.244 e. The van der Waals surface area contributed by atoms with Crippen molar-refractivity contribution in [3.05, 3.63) is 42.1 Å². The third kappa shape index (κ3) is 3.77. The molecule has 0 aliphatic heterocycles. The highest BCUT2D eigenvalue weighted by Crippen LogP contribution is 2.21. The lowest BCUT2D eigenvalue weighted by molar-refractivity contribution is -0.117. The van der Waals surface area contributed by atoms with Gasteiger partial charge in [0.1, 0.15) is 0 Å². The molecule has 1 atom stereocenters. The Balaban J connectivity index is 2.11. The van der Waals surface area contributed by atoms with Crippen LogP contribution in [0.1, 0.15) is 25.8 Å². The van der Waals surface area contributed by atoms with Gasteiger partial charge >= 0.3 is 0 Å². The fraction of sp³-hybridized carbons (Fsp3) is 0.389. The second kappa shape index (κ2) is 7.27. The van der Waals surface area contributed by atoms with Crippen molar-refractivity contribution in [2.75, 3.05) is 6.61 Å². The molecule has 2 rings (SSSR count). The zero-order valence-electron chi connectivity index (χ0n) is 13.4. The van der Waals surface area contributed by atoms with Gasteiger partial charge in [-0.15, -0.1) is 0 Å². The maximum atomic E-state index is 12.1. The van der Waals surface area contributed by atoms with E-state index >= 15 is 0 Å². The lowest BCUT2D eigenvalue weighted by atomic mass is 10.0. The molecule has 118 valence electrons. The fourth-order valence-electron chi connectivity index (χ4n) is 2.61. The maximum absolute atomic E-state index is 12.1. The molecule has 1 aromatic heterocycles. The van der Waals surface area contributed by atoms with Gasteiger partial charge in [-0.25, -0.2) is 0 Å². The van der Waals surface area contributed by atoms with Crippen LogP contribution >= 0.6 is 0 Å². The van der Waals surface area contributed by atoms with E-state index in [1.54, 1.807) is 6.08 Å². The van der Waals surface area contributed by atoms with Crippen molar-refractivity contribution in [3.63, 3.8) is 0 Å². The van der Waals surface area contributed by atoms with Crippen molar-refractivity contribution in [2.45, 2.75) is 26.3 Å². The van der Waals surface area contributed by atoms with Crippen molar-refractivity contribution >= 4 is 22.9 Å². The average Bonchev–Trinajstić information content (AvgIpc) is 2.82. The first-order valence-electron chi connectivity index (χ1n) is 7.66. The standard InChI is InChI=1S/C18H24N2O2/c1-13(2)16(10-11-21)19-18(22)9-8-14-12-20(3)17-7-5-4-6-15(14)17/h4-9,12-13,16,21H,10-11H2,1-3H3,(H,19,22)/b9-8+. The summed E-state index contributed by atoms with van der Waals surface area (Å²) in [7, 11) is 2.00. The molecule has 1 unspecified atom stereocenters. The molecule has 1 heterocycles. The number of hydrogen-bond donors (Lipinski definition) is 2. The summed E-state index contributed by atoms with van der Waals surface area (Å²) in [6, 6.07) is 8.11. The van der Waals surface area contributed by atoms with Crippen LogP contribution in [0.15, 0.2) is 36.5 Å². The molecule has 0 spiro atoms. The third-order valence-corrected chi connectivity index (χ3v) is 3.91. The highest BCUT2D eigenvalue weighted by Gasteiger charge is 2.14. The number of amides is 1. The predicted molar refractivity (Wildman–Crippen MR) is 90.4 cm³/mol. The molecule has 0 aliphatic rings. The number of carbonyl (C=O) groups is 1. The summed E-state index contributed by atoms with van der Waals surface area (Å²) in [6.07, 6.45) is 6.00. The number of aryl methyl sites for hydroxylation is 1. The minimum Gasteiger partial charge on any atom is -0.396 e. The molecule has 0 bridgehead atoms. The number of aliphatic hydroxyl groups excluding tert-OH is 1. The van der Waals surface area contributed by atoms with Gasteiger partial charge < -0.3 is 15.0 Å². The molecule has 1 amide bonds. The molecule has 4 nitrogen and oxygen atoms in total. The molecule has 0 fully saturated rings. The molecular weight excluding hydrogens is 276 g/mol. The zero-order valence-corrected chi connectivity index (χ0v) is 13.4. The van der Waals surface area contributed by atoms with E-state index in [-0.39, 0.29) is 18.6 Å². The van der Waals surface area contributed by atoms with Crippen molar-refractivity contribution < 1.29 is 9.90 Å². The quantitative estimate of drug-likeness (QED) is 0.806. The number of para-hydroxylation sites is 1. The van der Waals surface area contributed by atoms with E-state index in [2.05, 4.69) is 22.0 Å². The van der Waals surface area contributed by atoms with Crippen LogP contribution < -0.4 is 5.32 Å². The van der Waals surface area contributed by atoms with Gasteiger partial charge in [0.25, 0.3) is 0 Å². The van der Waals surface area contributed by atoms with E-state index in [0.29, 0.717) is 12.3 Å². The number of aromatic nitrogens is 1. The number of nitrogens with zero attached hydrogens (tertiary/aromatic N) is 1. The van der Waals surface area contributed by atoms with Crippen molar-refractivity contribution in [1.29, 1.82) is 0 Å². The first-order chi connectivity index (χ1) is 10.5. The number of fused-ring (bicyclic) bond motifs is 1. The molecule has 0 saturated heterocycles. The van der Waals surface area contributed by atoms with E-state index < -0.39 is 0 Å². The topological polar surface area (TPSA) is 54.3 Å². The summed E-state index contributed by atoms with van der Waals surface area (Å²) in [5.41, 5.74) is 2.17. The van der Waals surface area contributed by atoms with Crippen LogP contribution in [0.3, 0.4) is 0 Å². The van der Waals surface area contributed by atoms with Crippen molar-refractivity contribution in [3.8, 4) is 0 Å². The summed E-state index contributed by atoms with van der Waals surface area (Å²) >= 11 is 0. The molecule has 1 aromatic carbocycles. The van der Waals surface area contributed by atoms with Crippen LogP contribution in [0.2, 0.25) is 0 Å². The molecule has 2 N–H and O–H groups in total. The summed E-state index contributed by atoms with van der Waals surface area (Å²) in [5.74, 6) is 0.169. The van der Waals surface area contributed by atoms with E-state index in [1.807, 2.05) is 45.3 Å². The fourth-order valence-corrected chi connectivity index (χ4v) is 2.61. The Hall–Kier alpha value is -2.07. The Bertz CT molecular complexity index is 671. The lowest BCUT2D eigenvalue weighted by Crippen LogP contribution is -2.38. The minimum absolute atomic E-state index is 0.00494. The van der Waals surface area contributed by atoms with Gasteiger partial charge in [-0.05, 0) is 24.5 Å². The predicted octanol–water partition coefficient (Wildman–Crippen LogP) is 2.71. The number of rotatable bonds is 6. The SMILES string of the molecule is CC(C)C(CCO)NC(=O)/C=C/c1cn(C)c2ccccc12. The van der Waals surface area contributed by atoms with E-state index in [1.165, 1.54) is 0 Å². The number of hydrogen-bond acceptors (Lipinski definition) is 2. The van der Waals surface area contributed by atoms with Gasteiger partial charge in [0.15, 0.2) is 0 Å². The minimum atomic E-state index is -0.125. The third-order valence-electron chi connectivity index (χ3n) is 3.91. The second-order valence-corrected chi connectivity index (χ2v) is 5.92. The molecule has 0 aliphatic carbocycles. The summed E-state index contributed by atoms with van der Waals surface area (Å²) in [5, 5.41) is 13.1. The van der Waals surface area contributed by atoms with Crippen LogP contribution in [0.4, 0.5) is 0 Å². The van der Waals surface area contributed by atoms with Crippen LogP contribution in [-0.2, 0) is 11.8 Å². The van der Waals surface area contributed by atoms with Gasteiger partial charge in [-0.2, -0.15) is 0 Å². The molecule has 0 saturated carbocycles. The van der Waals surface area contributed by atoms with Gasteiger partial charge in [-0.1, -0.05) is 32.0 Å². The Morgan fingerprint density at radius 3 is 2.77 bits per heavy atom. The molecule has 2 aromatic rings. The van der Waals surface area contributed by atoms with Gasteiger partial charge in [-0.3, -0.25) is 4.79 Å². The molecule has 22 heavy (non-hydrogen) atoms. The lowest BCUT2D eigenvalue weighted by Gasteiger charge is -2.20.